The van der Waals surface area contributed by atoms with E-state index in [0.29, 0.717) is 12.0 Å². The van der Waals surface area contributed by atoms with E-state index in [4.69, 9.17) is 4.74 Å². The van der Waals surface area contributed by atoms with Gasteiger partial charge in [0.25, 0.3) is 0 Å². The Morgan fingerprint density at radius 3 is 2.85 bits per heavy atom. The van der Waals surface area contributed by atoms with Crippen LogP contribution in [0.2, 0.25) is 0 Å². The zero-order valence-corrected chi connectivity index (χ0v) is 9.13. The predicted molar refractivity (Wildman–Crippen MR) is 54.6 cm³/mol. The number of hydrogen-bond acceptors (Lipinski definition) is 1. The topological polar surface area (TPSA) is 9.23 Å². The van der Waals surface area contributed by atoms with Crippen LogP contribution >= 0.6 is 0 Å². The van der Waals surface area contributed by atoms with E-state index in [2.05, 4.69) is 33.8 Å². The Hall–Kier alpha value is -0.300. The quantitative estimate of drug-likeness (QED) is 0.520. The summed E-state index contributed by atoms with van der Waals surface area (Å²) >= 11 is 0. The van der Waals surface area contributed by atoms with Crippen molar-refractivity contribution in [3.05, 3.63) is 11.6 Å². The summed E-state index contributed by atoms with van der Waals surface area (Å²) in [4.78, 5) is 0. The van der Waals surface area contributed by atoms with Gasteiger partial charge in [0, 0.05) is 5.92 Å². The number of allylic oxidation sites excluding steroid dienone is 1. The van der Waals surface area contributed by atoms with Gasteiger partial charge in [-0.15, -0.1) is 0 Å². The van der Waals surface area contributed by atoms with E-state index in [1.807, 2.05) is 0 Å². The first-order valence-corrected chi connectivity index (χ1v) is 5.35. The van der Waals surface area contributed by atoms with Crippen LogP contribution in [0.15, 0.2) is 11.6 Å². The molecule has 0 aromatic carbocycles. The normalized spacial score (nSPS) is 42.8. The third-order valence-corrected chi connectivity index (χ3v) is 3.89. The summed E-state index contributed by atoms with van der Waals surface area (Å²) in [6.07, 6.45) is 5.36. The van der Waals surface area contributed by atoms with Crippen molar-refractivity contribution in [1.29, 1.82) is 0 Å². The Labute approximate surface area is 81.2 Å². The van der Waals surface area contributed by atoms with E-state index in [1.165, 1.54) is 12.8 Å². The Kier molecular flexibility index (Phi) is 2.03. The number of rotatable bonds is 0. The molecular weight excluding hydrogens is 160 g/mol. The summed E-state index contributed by atoms with van der Waals surface area (Å²) in [5, 5.41) is 0. The van der Waals surface area contributed by atoms with Gasteiger partial charge in [-0.3, -0.25) is 0 Å². The van der Waals surface area contributed by atoms with E-state index >= 15 is 0 Å². The smallest absolute Gasteiger partial charge is 0.0661 e. The summed E-state index contributed by atoms with van der Waals surface area (Å²) < 4.78 is 6.07. The molecule has 0 spiro atoms. The van der Waals surface area contributed by atoms with Crippen molar-refractivity contribution in [2.45, 2.75) is 52.2 Å². The average Bonchev–Trinajstić information content (AvgIpc) is 2.02. The Bertz CT molecular complexity index is 240. The van der Waals surface area contributed by atoms with E-state index in [-0.39, 0.29) is 5.60 Å². The van der Waals surface area contributed by atoms with Gasteiger partial charge in [0.05, 0.1) is 11.7 Å². The van der Waals surface area contributed by atoms with Crippen molar-refractivity contribution in [3.8, 4) is 0 Å². The zero-order chi connectivity index (χ0) is 9.64. The molecule has 1 heterocycles. The number of hydrogen-bond donors (Lipinski definition) is 0. The first-order valence-electron chi connectivity index (χ1n) is 5.35. The van der Waals surface area contributed by atoms with Crippen LogP contribution in [-0.2, 0) is 4.74 Å². The van der Waals surface area contributed by atoms with E-state index < -0.39 is 0 Å². The minimum absolute atomic E-state index is 0.0904. The molecule has 74 valence electrons. The maximum Gasteiger partial charge on any atom is 0.0661 e. The maximum absolute atomic E-state index is 6.07. The molecule has 1 heteroatoms. The molecule has 2 aliphatic rings. The lowest BCUT2D eigenvalue weighted by atomic mass is 9.70. The minimum Gasteiger partial charge on any atom is -0.372 e. The fourth-order valence-corrected chi connectivity index (χ4v) is 2.86. The highest BCUT2D eigenvalue weighted by atomic mass is 16.5. The molecule has 1 aliphatic carbocycles. The van der Waals surface area contributed by atoms with Crippen LogP contribution in [0.4, 0.5) is 0 Å². The molecule has 13 heavy (non-hydrogen) atoms. The van der Waals surface area contributed by atoms with Crippen molar-refractivity contribution in [2.75, 3.05) is 0 Å². The van der Waals surface area contributed by atoms with Gasteiger partial charge >= 0.3 is 0 Å². The van der Waals surface area contributed by atoms with E-state index in [0.717, 1.165) is 5.92 Å². The molecule has 0 radical (unpaired) electrons. The first kappa shape index (κ1) is 9.26. The summed E-state index contributed by atoms with van der Waals surface area (Å²) in [6.45, 7) is 8.93. The summed E-state index contributed by atoms with van der Waals surface area (Å²) in [7, 11) is 0. The highest BCUT2D eigenvalue weighted by molar-refractivity contribution is 5.14. The second kappa shape index (κ2) is 2.84. The van der Waals surface area contributed by atoms with Crippen LogP contribution in [0.5, 0.6) is 0 Å². The van der Waals surface area contributed by atoms with Crippen LogP contribution in [0, 0.1) is 11.8 Å². The molecule has 3 atom stereocenters. The Morgan fingerprint density at radius 2 is 2.15 bits per heavy atom. The molecule has 1 aliphatic heterocycles. The lowest BCUT2D eigenvalue weighted by Crippen LogP contribution is -2.48. The van der Waals surface area contributed by atoms with Gasteiger partial charge in [-0.2, -0.15) is 0 Å². The predicted octanol–water partition coefficient (Wildman–Crippen LogP) is 3.16. The molecule has 2 rings (SSSR count). The lowest BCUT2D eigenvalue weighted by Gasteiger charge is -2.48. The highest BCUT2D eigenvalue weighted by Crippen LogP contribution is 2.44. The second-order valence-corrected chi connectivity index (χ2v) is 5.15. The summed E-state index contributed by atoms with van der Waals surface area (Å²) in [5.74, 6) is 1.42. The van der Waals surface area contributed by atoms with Crippen molar-refractivity contribution in [3.63, 3.8) is 0 Å². The van der Waals surface area contributed by atoms with Gasteiger partial charge < -0.3 is 4.74 Å². The minimum atomic E-state index is 0.0904. The molecule has 0 amide bonds. The summed E-state index contributed by atoms with van der Waals surface area (Å²) in [5.41, 5.74) is 1.63. The van der Waals surface area contributed by atoms with Gasteiger partial charge in [-0.05, 0) is 46.5 Å². The van der Waals surface area contributed by atoms with Crippen molar-refractivity contribution >= 4 is 0 Å². The molecule has 0 N–H and O–H groups in total. The molecule has 2 bridgehead atoms. The Morgan fingerprint density at radius 1 is 1.46 bits per heavy atom. The average molecular weight is 180 g/mol. The van der Waals surface area contributed by atoms with Crippen LogP contribution < -0.4 is 0 Å². The largest absolute Gasteiger partial charge is 0.372 e. The van der Waals surface area contributed by atoms with Crippen LogP contribution in [0.3, 0.4) is 0 Å². The standard InChI is InChI=1S/C12H20O/c1-8-5-6-10-7-11(8)9(2)13-12(10,3)4/h5,9-11H,6-7H2,1-4H3/t9-,10-,11-/m1/s1. The number of ether oxygens (including phenoxy) is 1. The molecule has 1 nitrogen and oxygen atoms in total. The molecule has 0 aromatic rings. The van der Waals surface area contributed by atoms with Gasteiger partial charge in [-0.1, -0.05) is 11.6 Å². The van der Waals surface area contributed by atoms with Crippen LogP contribution in [-0.4, -0.2) is 11.7 Å². The van der Waals surface area contributed by atoms with Gasteiger partial charge in [0.15, 0.2) is 0 Å². The van der Waals surface area contributed by atoms with Gasteiger partial charge in [0.2, 0.25) is 0 Å². The molecular formula is C12H20O. The zero-order valence-electron chi connectivity index (χ0n) is 9.13. The van der Waals surface area contributed by atoms with Gasteiger partial charge in [0.1, 0.15) is 0 Å². The first-order chi connectivity index (χ1) is 6.00. The van der Waals surface area contributed by atoms with E-state index in [1.54, 1.807) is 5.57 Å². The third kappa shape index (κ3) is 1.43. The SMILES string of the molecule is CC1=CC[C@@H]2C[C@H]1[C@@H](C)OC2(C)C. The van der Waals surface area contributed by atoms with Crippen molar-refractivity contribution < 1.29 is 4.74 Å². The van der Waals surface area contributed by atoms with Crippen molar-refractivity contribution in [2.24, 2.45) is 11.8 Å². The molecule has 1 saturated heterocycles. The van der Waals surface area contributed by atoms with E-state index in [9.17, 15) is 0 Å². The fourth-order valence-electron chi connectivity index (χ4n) is 2.86. The molecule has 0 unspecified atom stereocenters. The summed E-state index contributed by atoms with van der Waals surface area (Å²) in [6, 6.07) is 0. The molecule has 0 aromatic heterocycles. The van der Waals surface area contributed by atoms with Crippen LogP contribution in [0.1, 0.15) is 40.5 Å². The van der Waals surface area contributed by atoms with Crippen LogP contribution in [0.25, 0.3) is 0 Å². The molecule has 0 saturated carbocycles. The molecule has 1 fully saturated rings. The van der Waals surface area contributed by atoms with Gasteiger partial charge in [-0.25, -0.2) is 0 Å². The van der Waals surface area contributed by atoms with Crippen molar-refractivity contribution in [1.82, 2.24) is 0 Å². The fraction of sp³-hybridized carbons (Fsp3) is 0.833. The lowest BCUT2D eigenvalue weighted by molar-refractivity contribution is -0.156. The highest BCUT2D eigenvalue weighted by Gasteiger charge is 2.42. The second-order valence-electron chi connectivity index (χ2n) is 5.15. The Balaban J connectivity index is 2.27. The monoisotopic (exact) mass is 180 g/mol. The maximum atomic E-state index is 6.07. The third-order valence-electron chi connectivity index (χ3n) is 3.89. The number of fused-ring (bicyclic) bond motifs is 2.